The Balaban J connectivity index is 2.28. The molecule has 1 atom stereocenters. The minimum atomic E-state index is -0.503. The molecule has 112 valence electrons. The molecule has 2 heteroatoms. The SMILES string of the molecule is COCc1ccccc1C(O)Cc1c(C)cc(C)cc1C. The molecule has 2 nitrogen and oxygen atoms in total. The summed E-state index contributed by atoms with van der Waals surface area (Å²) in [5, 5.41) is 10.6. The molecule has 2 rings (SSSR count). The van der Waals surface area contributed by atoms with Gasteiger partial charge >= 0.3 is 0 Å². The first-order valence-corrected chi connectivity index (χ1v) is 7.34. The van der Waals surface area contributed by atoms with Crippen LogP contribution in [0.5, 0.6) is 0 Å². The third-order valence-corrected chi connectivity index (χ3v) is 3.95. The Morgan fingerprint density at radius 1 is 1.05 bits per heavy atom. The van der Waals surface area contributed by atoms with Crippen LogP contribution in [0.1, 0.15) is 39.5 Å². The van der Waals surface area contributed by atoms with Crippen LogP contribution in [-0.4, -0.2) is 12.2 Å². The summed E-state index contributed by atoms with van der Waals surface area (Å²) in [4.78, 5) is 0. The highest BCUT2D eigenvalue weighted by atomic mass is 16.5. The van der Waals surface area contributed by atoms with Gasteiger partial charge in [0.2, 0.25) is 0 Å². The van der Waals surface area contributed by atoms with E-state index in [1.165, 1.54) is 22.3 Å². The predicted molar refractivity (Wildman–Crippen MR) is 86.5 cm³/mol. The van der Waals surface area contributed by atoms with Crippen molar-refractivity contribution >= 4 is 0 Å². The maximum Gasteiger partial charge on any atom is 0.0834 e. The summed E-state index contributed by atoms with van der Waals surface area (Å²) in [5.41, 5.74) is 7.00. The summed E-state index contributed by atoms with van der Waals surface area (Å²) in [6, 6.07) is 12.3. The van der Waals surface area contributed by atoms with E-state index in [4.69, 9.17) is 4.74 Å². The maximum atomic E-state index is 10.6. The van der Waals surface area contributed by atoms with Gasteiger partial charge in [0.1, 0.15) is 0 Å². The second kappa shape index (κ2) is 6.88. The number of aryl methyl sites for hydroxylation is 3. The van der Waals surface area contributed by atoms with Gasteiger partial charge in [-0.2, -0.15) is 0 Å². The van der Waals surface area contributed by atoms with Crippen molar-refractivity contribution in [3.63, 3.8) is 0 Å². The van der Waals surface area contributed by atoms with Gasteiger partial charge in [0.05, 0.1) is 12.7 Å². The van der Waals surface area contributed by atoms with Crippen molar-refractivity contribution in [3.05, 3.63) is 69.8 Å². The summed E-state index contributed by atoms with van der Waals surface area (Å²) in [6.07, 6.45) is 0.134. The van der Waals surface area contributed by atoms with Gasteiger partial charge in [0.15, 0.2) is 0 Å². The van der Waals surface area contributed by atoms with E-state index < -0.39 is 6.10 Å². The van der Waals surface area contributed by atoms with Crippen molar-refractivity contribution in [2.75, 3.05) is 7.11 Å². The number of methoxy groups -OCH3 is 1. The number of rotatable bonds is 5. The van der Waals surface area contributed by atoms with Crippen molar-refractivity contribution in [2.45, 2.75) is 39.9 Å². The molecule has 0 heterocycles. The minimum Gasteiger partial charge on any atom is -0.388 e. The van der Waals surface area contributed by atoms with Crippen molar-refractivity contribution in [3.8, 4) is 0 Å². The quantitative estimate of drug-likeness (QED) is 0.898. The third-order valence-electron chi connectivity index (χ3n) is 3.95. The highest BCUT2D eigenvalue weighted by Gasteiger charge is 2.15. The number of hydrogen-bond acceptors (Lipinski definition) is 2. The molecular weight excluding hydrogens is 260 g/mol. The number of ether oxygens (including phenoxy) is 1. The molecule has 1 unspecified atom stereocenters. The van der Waals surface area contributed by atoms with Crippen molar-refractivity contribution in [1.29, 1.82) is 0 Å². The Kier molecular flexibility index (Phi) is 5.16. The molecule has 0 aliphatic carbocycles. The van der Waals surface area contributed by atoms with Gasteiger partial charge < -0.3 is 9.84 Å². The van der Waals surface area contributed by atoms with Crippen LogP contribution < -0.4 is 0 Å². The van der Waals surface area contributed by atoms with Crippen LogP contribution in [0.3, 0.4) is 0 Å². The molecule has 0 spiro atoms. The fourth-order valence-corrected chi connectivity index (χ4v) is 2.98. The van der Waals surface area contributed by atoms with Gasteiger partial charge in [-0.25, -0.2) is 0 Å². The predicted octanol–water partition coefficient (Wildman–Crippen LogP) is 4.03. The first-order valence-electron chi connectivity index (χ1n) is 7.34. The summed E-state index contributed by atoms with van der Waals surface area (Å²) in [7, 11) is 1.68. The van der Waals surface area contributed by atoms with E-state index in [1.807, 2.05) is 24.3 Å². The topological polar surface area (TPSA) is 29.5 Å². The van der Waals surface area contributed by atoms with Crippen LogP contribution in [0.4, 0.5) is 0 Å². The highest BCUT2D eigenvalue weighted by molar-refractivity contribution is 5.39. The van der Waals surface area contributed by atoms with Crippen molar-refractivity contribution < 1.29 is 9.84 Å². The molecule has 0 aliphatic rings. The minimum absolute atomic E-state index is 0.503. The molecular formula is C19H24O2. The average molecular weight is 284 g/mol. The van der Waals surface area contributed by atoms with Gasteiger partial charge in [0.25, 0.3) is 0 Å². The number of aliphatic hydroxyl groups excluding tert-OH is 1. The lowest BCUT2D eigenvalue weighted by molar-refractivity contribution is 0.161. The summed E-state index contributed by atoms with van der Waals surface area (Å²) < 4.78 is 5.22. The van der Waals surface area contributed by atoms with Crippen molar-refractivity contribution in [1.82, 2.24) is 0 Å². The van der Waals surface area contributed by atoms with E-state index in [1.54, 1.807) is 7.11 Å². The summed E-state index contributed by atoms with van der Waals surface area (Å²) in [5.74, 6) is 0. The van der Waals surface area contributed by atoms with Crippen LogP contribution in [0.25, 0.3) is 0 Å². The second-order valence-corrected chi connectivity index (χ2v) is 5.73. The lowest BCUT2D eigenvalue weighted by atomic mass is 9.91. The fourth-order valence-electron chi connectivity index (χ4n) is 2.98. The number of hydrogen-bond donors (Lipinski definition) is 1. The zero-order chi connectivity index (χ0) is 15.4. The molecule has 1 N–H and O–H groups in total. The Bertz CT molecular complexity index is 594. The Hall–Kier alpha value is -1.64. The fraction of sp³-hybridized carbons (Fsp3) is 0.368. The molecule has 0 fully saturated rings. The normalized spacial score (nSPS) is 12.4. The molecule has 21 heavy (non-hydrogen) atoms. The zero-order valence-corrected chi connectivity index (χ0v) is 13.3. The molecule has 2 aromatic rings. The van der Waals surface area contributed by atoms with Gasteiger partial charge in [-0.15, -0.1) is 0 Å². The van der Waals surface area contributed by atoms with Crippen LogP contribution in [-0.2, 0) is 17.8 Å². The standard InChI is InChI=1S/C19H24O2/c1-13-9-14(2)18(15(3)10-13)11-19(20)17-8-6-5-7-16(17)12-21-4/h5-10,19-20H,11-12H2,1-4H3. The molecule has 0 bridgehead atoms. The van der Waals surface area contributed by atoms with E-state index in [2.05, 4.69) is 32.9 Å². The average Bonchev–Trinajstić information content (AvgIpc) is 2.43. The monoisotopic (exact) mass is 284 g/mol. The van der Waals surface area contributed by atoms with Crippen LogP contribution in [0.15, 0.2) is 36.4 Å². The summed E-state index contributed by atoms with van der Waals surface area (Å²) >= 11 is 0. The van der Waals surface area contributed by atoms with E-state index >= 15 is 0 Å². The first-order chi connectivity index (χ1) is 10.0. The number of benzene rings is 2. The van der Waals surface area contributed by atoms with E-state index in [-0.39, 0.29) is 0 Å². The summed E-state index contributed by atoms with van der Waals surface area (Å²) in [6.45, 7) is 6.86. The lowest BCUT2D eigenvalue weighted by Gasteiger charge is -2.18. The van der Waals surface area contributed by atoms with Gasteiger partial charge in [0, 0.05) is 13.5 Å². The number of aliphatic hydroxyl groups is 1. The Labute approximate surface area is 127 Å². The molecule has 0 aliphatic heterocycles. The van der Waals surface area contributed by atoms with E-state index in [0.717, 1.165) is 11.1 Å². The molecule has 0 saturated heterocycles. The first kappa shape index (κ1) is 15.7. The largest absolute Gasteiger partial charge is 0.388 e. The Morgan fingerprint density at radius 3 is 2.29 bits per heavy atom. The van der Waals surface area contributed by atoms with Crippen molar-refractivity contribution in [2.24, 2.45) is 0 Å². The van der Waals surface area contributed by atoms with Crippen LogP contribution in [0, 0.1) is 20.8 Å². The molecule has 0 saturated carbocycles. The Morgan fingerprint density at radius 2 is 1.67 bits per heavy atom. The zero-order valence-electron chi connectivity index (χ0n) is 13.3. The third kappa shape index (κ3) is 3.72. The highest BCUT2D eigenvalue weighted by Crippen LogP contribution is 2.26. The van der Waals surface area contributed by atoms with Gasteiger partial charge in [-0.05, 0) is 48.6 Å². The van der Waals surface area contributed by atoms with E-state index in [9.17, 15) is 5.11 Å². The smallest absolute Gasteiger partial charge is 0.0834 e. The van der Waals surface area contributed by atoms with Gasteiger partial charge in [-0.1, -0.05) is 42.0 Å². The van der Waals surface area contributed by atoms with E-state index in [0.29, 0.717) is 13.0 Å². The molecule has 0 amide bonds. The maximum absolute atomic E-state index is 10.6. The lowest BCUT2D eigenvalue weighted by Crippen LogP contribution is -2.08. The second-order valence-electron chi connectivity index (χ2n) is 5.73. The van der Waals surface area contributed by atoms with Crippen LogP contribution in [0.2, 0.25) is 0 Å². The molecule has 0 radical (unpaired) electrons. The van der Waals surface area contributed by atoms with Crippen LogP contribution >= 0.6 is 0 Å². The molecule has 2 aromatic carbocycles. The molecule has 0 aromatic heterocycles. The van der Waals surface area contributed by atoms with Gasteiger partial charge in [-0.3, -0.25) is 0 Å².